The van der Waals surface area contributed by atoms with Crippen molar-refractivity contribution in [1.82, 2.24) is 9.55 Å². The molecule has 0 spiro atoms. The molecule has 0 bridgehead atoms. The molecule has 1 aliphatic heterocycles. The van der Waals surface area contributed by atoms with Crippen LogP contribution in [-0.4, -0.2) is 15.3 Å². The highest BCUT2D eigenvalue weighted by atomic mass is 79.9. The maximum atomic E-state index is 12.4. The average Bonchev–Trinajstić information content (AvgIpc) is 2.89. The summed E-state index contributed by atoms with van der Waals surface area (Å²) in [6.07, 6.45) is 1.93. The molecule has 1 aromatic carbocycles. The van der Waals surface area contributed by atoms with Gasteiger partial charge in [0.1, 0.15) is 11.5 Å². The average molecular weight is 306 g/mol. The number of fused-ring (bicyclic) bond motifs is 1. The highest BCUT2D eigenvalue weighted by molar-refractivity contribution is 9.10. The molecule has 0 unspecified atom stereocenters. The lowest BCUT2D eigenvalue weighted by atomic mass is 10.1. The van der Waals surface area contributed by atoms with E-state index in [2.05, 4.69) is 20.9 Å². The fraction of sp³-hybridized carbons (Fsp3) is 0.231. The summed E-state index contributed by atoms with van der Waals surface area (Å²) >= 11 is 3.35. The number of nitrogens with two attached hydrogens (primary N) is 1. The molecule has 2 N–H and O–H groups in total. The summed E-state index contributed by atoms with van der Waals surface area (Å²) < 4.78 is 2.89. The van der Waals surface area contributed by atoms with Crippen molar-refractivity contribution in [2.45, 2.75) is 19.4 Å². The molecular weight excluding hydrogens is 294 g/mol. The van der Waals surface area contributed by atoms with E-state index in [1.54, 1.807) is 12.1 Å². The summed E-state index contributed by atoms with van der Waals surface area (Å²) in [6.45, 7) is 0.830. The largest absolute Gasteiger partial charge is 0.382 e. The lowest BCUT2D eigenvalue weighted by molar-refractivity contribution is 0.103. The minimum absolute atomic E-state index is 0.0550. The molecule has 18 heavy (non-hydrogen) atoms. The lowest BCUT2D eigenvalue weighted by Gasteiger charge is -2.05. The first-order valence-corrected chi connectivity index (χ1v) is 6.61. The summed E-state index contributed by atoms with van der Waals surface area (Å²) in [5, 5.41) is 0. The molecule has 3 rings (SSSR count). The molecule has 5 heteroatoms. The number of halogens is 1. The second-order valence-corrected chi connectivity index (χ2v) is 5.27. The molecule has 0 saturated carbocycles. The third kappa shape index (κ3) is 1.75. The number of rotatable bonds is 2. The fourth-order valence-electron chi connectivity index (χ4n) is 2.32. The third-order valence-electron chi connectivity index (χ3n) is 3.18. The van der Waals surface area contributed by atoms with Crippen LogP contribution in [0.1, 0.15) is 28.3 Å². The lowest BCUT2D eigenvalue weighted by Crippen LogP contribution is -2.11. The molecule has 0 saturated heterocycles. The SMILES string of the molecule is Nc1nc2n(c1C(=O)c1ccc(Br)cc1)CCC2. The first kappa shape index (κ1) is 11.5. The molecule has 1 aromatic heterocycles. The van der Waals surface area contributed by atoms with Crippen LogP contribution < -0.4 is 5.73 Å². The Labute approximate surface area is 113 Å². The Kier molecular flexibility index (Phi) is 2.70. The molecule has 4 nitrogen and oxygen atoms in total. The second kappa shape index (κ2) is 4.24. The van der Waals surface area contributed by atoms with Crippen molar-refractivity contribution >= 4 is 27.5 Å². The monoisotopic (exact) mass is 305 g/mol. The standard InChI is InChI=1S/C13H12BrN3O/c14-9-5-3-8(4-6-9)12(18)11-13(15)16-10-2-1-7-17(10)11/h3-6H,1-2,7,15H2. The van der Waals surface area contributed by atoms with Crippen LogP contribution in [0.25, 0.3) is 0 Å². The van der Waals surface area contributed by atoms with Gasteiger partial charge >= 0.3 is 0 Å². The smallest absolute Gasteiger partial charge is 0.213 e. The van der Waals surface area contributed by atoms with Crippen LogP contribution in [0.4, 0.5) is 5.82 Å². The number of nitrogen functional groups attached to an aromatic ring is 1. The molecule has 0 aliphatic carbocycles. The predicted molar refractivity (Wildman–Crippen MR) is 72.5 cm³/mol. The number of imidazole rings is 1. The molecule has 0 atom stereocenters. The Bertz CT molecular complexity index is 616. The van der Waals surface area contributed by atoms with Crippen LogP contribution >= 0.6 is 15.9 Å². The van der Waals surface area contributed by atoms with Gasteiger partial charge in [0, 0.05) is 23.0 Å². The third-order valence-corrected chi connectivity index (χ3v) is 3.71. The van der Waals surface area contributed by atoms with Crippen molar-refractivity contribution in [1.29, 1.82) is 0 Å². The zero-order valence-electron chi connectivity index (χ0n) is 9.69. The van der Waals surface area contributed by atoms with Gasteiger partial charge in [-0.05, 0) is 30.7 Å². The van der Waals surface area contributed by atoms with Gasteiger partial charge in [-0.15, -0.1) is 0 Å². The number of benzene rings is 1. The Hall–Kier alpha value is -1.62. The summed E-state index contributed by atoms with van der Waals surface area (Å²) in [5.74, 6) is 1.21. The van der Waals surface area contributed by atoms with Crippen LogP contribution in [0.2, 0.25) is 0 Å². The molecule has 0 amide bonds. The van der Waals surface area contributed by atoms with Crippen molar-refractivity contribution < 1.29 is 4.79 Å². The number of aromatic nitrogens is 2. The maximum absolute atomic E-state index is 12.4. The minimum atomic E-state index is -0.0550. The Morgan fingerprint density at radius 1 is 1.33 bits per heavy atom. The number of aryl methyl sites for hydroxylation is 1. The minimum Gasteiger partial charge on any atom is -0.382 e. The van der Waals surface area contributed by atoms with Gasteiger partial charge in [-0.25, -0.2) is 4.98 Å². The van der Waals surface area contributed by atoms with Crippen LogP contribution in [0.3, 0.4) is 0 Å². The first-order chi connectivity index (χ1) is 8.66. The number of carbonyl (C=O) groups is 1. The Morgan fingerprint density at radius 3 is 2.78 bits per heavy atom. The Morgan fingerprint density at radius 2 is 2.06 bits per heavy atom. The van der Waals surface area contributed by atoms with Crippen LogP contribution in [-0.2, 0) is 13.0 Å². The molecule has 92 valence electrons. The second-order valence-electron chi connectivity index (χ2n) is 4.35. The number of hydrogen-bond acceptors (Lipinski definition) is 3. The highest BCUT2D eigenvalue weighted by Crippen LogP contribution is 2.24. The van der Waals surface area contributed by atoms with Gasteiger partial charge in [0.2, 0.25) is 5.78 Å². The molecule has 2 aromatic rings. The van der Waals surface area contributed by atoms with Gasteiger partial charge in [-0.3, -0.25) is 4.79 Å². The van der Waals surface area contributed by atoms with Gasteiger partial charge in [0.25, 0.3) is 0 Å². The predicted octanol–water partition coefficient (Wildman–Crippen LogP) is 2.41. The van der Waals surface area contributed by atoms with Gasteiger partial charge < -0.3 is 10.3 Å². The topological polar surface area (TPSA) is 60.9 Å². The van der Waals surface area contributed by atoms with Crippen LogP contribution in [0.15, 0.2) is 28.7 Å². The quantitative estimate of drug-likeness (QED) is 0.867. The van der Waals surface area contributed by atoms with Gasteiger partial charge in [0.15, 0.2) is 5.82 Å². The summed E-state index contributed by atoms with van der Waals surface area (Å²) in [4.78, 5) is 16.7. The van der Waals surface area contributed by atoms with E-state index in [1.165, 1.54) is 0 Å². The summed E-state index contributed by atoms with van der Waals surface area (Å²) in [5.41, 5.74) is 7.03. The first-order valence-electron chi connectivity index (χ1n) is 5.82. The van der Waals surface area contributed by atoms with E-state index >= 15 is 0 Å². The van der Waals surface area contributed by atoms with Gasteiger partial charge in [0.05, 0.1) is 0 Å². The van der Waals surface area contributed by atoms with E-state index in [1.807, 2.05) is 16.7 Å². The zero-order valence-corrected chi connectivity index (χ0v) is 11.3. The van der Waals surface area contributed by atoms with Crippen molar-refractivity contribution in [3.63, 3.8) is 0 Å². The number of anilines is 1. The van der Waals surface area contributed by atoms with E-state index in [0.29, 0.717) is 17.1 Å². The Balaban J connectivity index is 2.05. The highest BCUT2D eigenvalue weighted by Gasteiger charge is 2.25. The van der Waals surface area contributed by atoms with E-state index < -0.39 is 0 Å². The zero-order chi connectivity index (χ0) is 12.7. The summed E-state index contributed by atoms with van der Waals surface area (Å²) in [7, 11) is 0. The molecule has 0 radical (unpaired) electrons. The van der Waals surface area contributed by atoms with Crippen molar-refractivity contribution in [2.24, 2.45) is 0 Å². The van der Waals surface area contributed by atoms with Crippen molar-refractivity contribution in [3.8, 4) is 0 Å². The van der Waals surface area contributed by atoms with Crippen LogP contribution in [0, 0.1) is 0 Å². The number of carbonyl (C=O) groups excluding carboxylic acids is 1. The number of ketones is 1. The maximum Gasteiger partial charge on any atom is 0.213 e. The molecule has 2 heterocycles. The van der Waals surface area contributed by atoms with E-state index in [0.717, 1.165) is 29.7 Å². The molecular formula is C13H12BrN3O. The number of hydrogen-bond donors (Lipinski definition) is 1. The molecule has 1 aliphatic rings. The van der Waals surface area contributed by atoms with Crippen LogP contribution in [0.5, 0.6) is 0 Å². The van der Waals surface area contributed by atoms with Gasteiger partial charge in [-0.1, -0.05) is 15.9 Å². The number of nitrogens with zero attached hydrogens (tertiary/aromatic N) is 2. The van der Waals surface area contributed by atoms with E-state index in [9.17, 15) is 4.79 Å². The summed E-state index contributed by atoms with van der Waals surface area (Å²) in [6, 6.07) is 7.29. The van der Waals surface area contributed by atoms with E-state index in [4.69, 9.17) is 5.73 Å². The van der Waals surface area contributed by atoms with E-state index in [-0.39, 0.29) is 5.78 Å². The normalized spacial score (nSPS) is 13.6. The van der Waals surface area contributed by atoms with Gasteiger partial charge in [-0.2, -0.15) is 0 Å². The molecule has 0 fully saturated rings. The van der Waals surface area contributed by atoms with Crippen molar-refractivity contribution in [2.75, 3.05) is 5.73 Å². The van der Waals surface area contributed by atoms with Crippen molar-refractivity contribution in [3.05, 3.63) is 45.8 Å². The fourth-order valence-corrected chi connectivity index (χ4v) is 2.59.